The molecule has 20 heavy (non-hydrogen) atoms. The van der Waals surface area contributed by atoms with E-state index in [0.29, 0.717) is 0 Å². The van der Waals surface area contributed by atoms with E-state index in [9.17, 15) is 9.59 Å². The molecule has 0 unspecified atom stereocenters. The average molecular weight is 271 g/mol. The summed E-state index contributed by atoms with van der Waals surface area (Å²) in [6.45, 7) is 5.38. The lowest BCUT2D eigenvalue weighted by Crippen LogP contribution is -2.30. The molecule has 2 rings (SSSR count). The highest BCUT2D eigenvalue weighted by molar-refractivity contribution is 5.94. The van der Waals surface area contributed by atoms with Crippen LogP contribution in [0.3, 0.4) is 0 Å². The number of carbonyl (C=O) groups is 1. The molecule has 0 fully saturated rings. The first-order valence-electron chi connectivity index (χ1n) is 6.32. The second-order valence-electron chi connectivity index (χ2n) is 5.57. The summed E-state index contributed by atoms with van der Waals surface area (Å²) < 4.78 is 0. The van der Waals surface area contributed by atoms with Gasteiger partial charge in [0, 0.05) is 29.6 Å². The van der Waals surface area contributed by atoms with Crippen molar-refractivity contribution in [2.75, 3.05) is 5.32 Å². The van der Waals surface area contributed by atoms with Crippen molar-refractivity contribution in [2.24, 2.45) is 5.41 Å². The van der Waals surface area contributed by atoms with E-state index in [1.54, 1.807) is 45.4 Å². The molecule has 0 aromatic carbocycles. The average Bonchev–Trinajstić information content (AvgIpc) is 2.41. The topological polar surface area (TPSA) is 74.8 Å². The van der Waals surface area contributed by atoms with E-state index in [0.717, 1.165) is 11.1 Å². The molecule has 2 heterocycles. The summed E-state index contributed by atoms with van der Waals surface area (Å²) in [7, 11) is 0. The zero-order valence-electron chi connectivity index (χ0n) is 11.7. The van der Waals surface area contributed by atoms with Crippen LogP contribution in [0.1, 0.15) is 20.8 Å². The Morgan fingerprint density at radius 2 is 1.85 bits per heavy atom. The van der Waals surface area contributed by atoms with Gasteiger partial charge in [-0.05, 0) is 23.8 Å². The minimum Gasteiger partial charge on any atom is -0.327 e. The minimum absolute atomic E-state index is 0.199. The van der Waals surface area contributed by atoms with Gasteiger partial charge in [-0.3, -0.25) is 14.6 Å². The summed E-state index contributed by atoms with van der Waals surface area (Å²) in [5.41, 5.74) is 1.11. The molecule has 2 aromatic heterocycles. The maximum atomic E-state index is 12.0. The van der Waals surface area contributed by atoms with Crippen LogP contribution in [0.15, 0.2) is 41.6 Å². The van der Waals surface area contributed by atoms with Crippen molar-refractivity contribution >= 4 is 11.6 Å². The van der Waals surface area contributed by atoms with Gasteiger partial charge in [0.2, 0.25) is 5.91 Å². The molecule has 0 spiro atoms. The van der Waals surface area contributed by atoms with Gasteiger partial charge in [0.15, 0.2) is 0 Å². The molecule has 0 aliphatic carbocycles. The van der Waals surface area contributed by atoms with Gasteiger partial charge in [0.1, 0.15) is 5.69 Å². The van der Waals surface area contributed by atoms with Crippen molar-refractivity contribution < 1.29 is 4.79 Å². The summed E-state index contributed by atoms with van der Waals surface area (Å²) in [6.07, 6.45) is 4.96. The Labute approximate surface area is 117 Å². The number of nitrogens with zero attached hydrogens (tertiary/aromatic N) is 1. The van der Waals surface area contributed by atoms with E-state index in [1.165, 1.54) is 0 Å². The van der Waals surface area contributed by atoms with Crippen LogP contribution in [0.2, 0.25) is 0 Å². The summed E-state index contributed by atoms with van der Waals surface area (Å²) in [6, 6.07) is 5.34. The third-order valence-corrected chi connectivity index (χ3v) is 2.85. The molecular weight excluding hydrogens is 254 g/mol. The predicted octanol–water partition coefficient (Wildman–Crippen LogP) is 2.42. The van der Waals surface area contributed by atoms with Gasteiger partial charge >= 0.3 is 0 Å². The first-order chi connectivity index (χ1) is 9.38. The fraction of sp³-hybridized carbons (Fsp3) is 0.267. The minimum atomic E-state index is -0.556. The fourth-order valence-electron chi connectivity index (χ4n) is 1.60. The zero-order chi connectivity index (χ0) is 14.8. The van der Waals surface area contributed by atoms with E-state index in [-0.39, 0.29) is 17.2 Å². The number of hydrogen-bond acceptors (Lipinski definition) is 3. The molecule has 0 atom stereocenters. The highest BCUT2D eigenvalue weighted by Gasteiger charge is 2.22. The lowest BCUT2D eigenvalue weighted by molar-refractivity contribution is -0.123. The van der Waals surface area contributed by atoms with Crippen molar-refractivity contribution in [3.8, 4) is 11.1 Å². The van der Waals surface area contributed by atoms with E-state index in [4.69, 9.17) is 0 Å². The van der Waals surface area contributed by atoms with Crippen molar-refractivity contribution in [3.05, 3.63) is 47.1 Å². The van der Waals surface area contributed by atoms with Gasteiger partial charge in [-0.1, -0.05) is 20.8 Å². The van der Waals surface area contributed by atoms with E-state index in [1.807, 2.05) is 12.1 Å². The van der Waals surface area contributed by atoms with Gasteiger partial charge < -0.3 is 10.3 Å². The molecule has 5 nitrogen and oxygen atoms in total. The third-order valence-electron chi connectivity index (χ3n) is 2.85. The van der Waals surface area contributed by atoms with Crippen LogP contribution in [0.5, 0.6) is 0 Å². The van der Waals surface area contributed by atoms with Gasteiger partial charge in [-0.15, -0.1) is 0 Å². The molecule has 0 saturated carbocycles. The normalized spacial score (nSPS) is 11.2. The van der Waals surface area contributed by atoms with Crippen LogP contribution in [0, 0.1) is 5.41 Å². The summed E-state index contributed by atoms with van der Waals surface area (Å²) in [4.78, 5) is 30.3. The molecule has 0 radical (unpaired) electrons. The highest BCUT2D eigenvalue weighted by Crippen LogP contribution is 2.20. The number of hydrogen-bond donors (Lipinski definition) is 2. The van der Waals surface area contributed by atoms with Gasteiger partial charge in [0.05, 0.1) is 0 Å². The Morgan fingerprint density at radius 3 is 2.45 bits per heavy atom. The Morgan fingerprint density at radius 1 is 1.20 bits per heavy atom. The Hall–Kier alpha value is -2.43. The highest BCUT2D eigenvalue weighted by atomic mass is 16.2. The Balaban J connectivity index is 2.36. The molecule has 2 aromatic rings. The number of aromatic nitrogens is 2. The standard InChI is InChI=1S/C15H17N3O2/c1-15(2,3)14(20)18-12-8-11(9-17-13(12)19)10-4-6-16-7-5-10/h4-9H,1-3H3,(H,17,19)(H,18,20). The SMILES string of the molecule is CC(C)(C)C(=O)Nc1cc(-c2ccncc2)c[nH]c1=O. The van der Waals surface area contributed by atoms with E-state index >= 15 is 0 Å². The van der Waals surface area contributed by atoms with Crippen LogP contribution >= 0.6 is 0 Å². The zero-order valence-corrected chi connectivity index (χ0v) is 11.7. The number of H-pyrrole nitrogens is 1. The van der Waals surface area contributed by atoms with Crippen molar-refractivity contribution in [1.82, 2.24) is 9.97 Å². The largest absolute Gasteiger partial charge is 0.327 e. The van der Waals surface area contributed by atoms with Crippen LogP contribution in [-0.4, -0.2) is 15.9 Å². The second-order valence-corrected chi connectivity index (χ2v) is 5.57. The van der Waals surface area contributed by atoms with E-state index in [2.05, 4.69) is 15.3 Å². The molecule has 0 aliphatic rings. The van der Waals surface area contributed by atoms with Crippen LogP contribution < -0.4 is 10.9 Å². The third kappa shape index (κ3) is 3.12. The van der Waals surface area contributed by atoms with Crippen LogP contribution in [-0.2, 0) is 4.79 Å². The number of anilines is 1. The Kier molecular flexibility index (Phi) is 3.70. The lowest BCUT2D eigenvalue weighted by atomic mass is 9.95. The molecule has 1 amide bonds. The van der Waals surface area contributed by atoms with Gasteiger partial charge in [-0.2, -0.15) is 0 Å². The number of carbonyl (C=O) groups excluding carboxylic acids is 1. The quantitative estimate of drug-likeness (QED) is 0.880. The fourth-order valence-corrected chi connectivity index (χ4v) is 1.60. The molecule has 0 bridgehead atoms. The number of rotatable bonds is 2. The molecule has 0 aliphatic heterocycles. The summed E-state index contributed by atoms with van der Waals surface area (Å²) in [5, 5.41) is 2.66. The maximum absolute atomic E-state index is 12.0. The Bertz CT molecular complexity index is 670. The van der Waals surface area contributed by atoms with Crippen LogP contribution in [0.25, 0.3) is 11.1 Å². The van der Waals surface area contributed by atoms with Crippen molar-refractivity contribution in [2.45, 2.75) is 20.8 Å². The first-order valence-corrected chi connectivity index (χ1v) is 6.32. The maximum Gasteiger partial charge on any atom is 0.271 e. The number of amides is 1. The van der Waals surface area contributed by atoms with Crippen LogP contribution in [0.4, 0.5) is 5.69 Å². The van der Waals surface area contributed by atoms with Crippen molar-refractivity contribution in [3.63, 3.8) is 0 Å². The smallest absolute Gasteiger partial charge is 0.271 e. The number of nitrogens with one attached hydrogen (secondary N) is 2. The van der Waals surface area contributed by atoms with E-state index < -0.39 is 5.41 Å². The van der Waals surface area contributed by atoms with Gasteiger partial charge in [-0.25, -0.2) is 0 Å². The summed E-state index contributed by atoms with van der Waals surface area (Å²) in [5.74, 6) is -0.199. The van der Waals surface area contributed by atoms with Crippen molar-refractivity contribution in [1.29, 1.82) is 0 Å². The lowest BCUT2D eigenvalue weighted by Gasteiger charge is -2.17. The predicted molar refractivity (Wildman–Crippen MR) is 78.4 cm³/mol. The number of aromatic amines is 1. The second kappa shape index (κ2) is 5.28. The summed E-state index contributed by atoms with van der Waals surface area (Å²) >= 11 is 0. The molecule has 2 N–H and O–H groups in total. The number of pyridine rings is 2. The molecule has 5 heteroatoms. The van der Waals surface area contributed by atoms with Gasteiger partial charge in [0.25, 0.3) is 5.56 Å². The monoisotopic (exact) mass is 271 g/mol. The molecular formula is C15H17N3O2. The molecule has 104 valence electrons. The first kappa shape index (κ1) is 14.0. The molecule has 0 saturated heterocycles.